The number of fused-ring (bicyclic) bond motifs is 1. The van der Waals surface area contributed by atoms with Crippen LogP contribution >= 0.6 is 0 Å². The van der Waals surface area contributed by atoms with Gasteiger partial charge in [-0.15, -0.1) is 0 Å². The number of ether oxygens (including phenoxy) is 1. The Kier molecular flexibility index (Phi) is 15.3. The molecule has 1 aliphatic carbocycles. The van der Waals surface area contributed by atoms with Gasteiger partial charge in [-0.1, -0.05) is 39.3 Å². The molecule has 2 aliphatic rings. The third-order valence-corrected chi connectivity index (χ3v) is 7.81. The van der Waals surface area contributed by atoms with Crippen LogP contribution in [0, 0.1) is 20.0 Å². The van der Waals surface area contributed by atoms with Crippen LogP contribution in [0.15, 0.2) is 21.7 Å². The molecule has 0 bridgehead atoms. The Morgan fingerprint density at radius 3 is 1.62 bits per heavy atom. The van der Waals surface area contributed by atoms with Crippen LogP contribution in [0.4, 0.5) is 0 Å². The zero-order valence-corrected chi connectivity index (χ0v) is 19.3. The zero-order chi connectivity index (χ0) is 20.4. The number of carbonyl (C=O) groups excluding carboxylic acids is 1. The van der Waals surface area contributed by atoms with Crippen LogP contribution in [-0.2, 0) is 40.6 Å². The van der Waals surface area contributed by atoms with Crippen molar-refractivity contribution in [3.8, 4) is 0 Å². The van der Waals surface area contributed by atoms with Gasteiger partial charge in [0.2, 0.25) is 0 Å². The van der Waals surface area contributed by atoms with Gasteiger partial charge in [0, 0.05) is 22.3 Å². The number of hydrogen-bond donors (Lipinski definition) is 0. The van der Waals surface area contributed by atoms with E-state index >= 15 is 0 Å². The molecular formula is C18H26FeO5Si2. The van der Waals surface area contributed by atoms with E-state index in [1.807, 2.05) is 0 Å². The fraction of sp³-hybridized carbons (Fsp3) is 0.556. The van der Waals surface area contributed by atoms with Crippen LogP contribution in [0.25, 0.3) is 0 Å². The number of Topliss-reactive ketones (excluding diaryl/α,β-unsaturated/α-hetero) is 1. The maximum absolute atomic E-state index is 13.0. The third-order valence-electron chi connectivity index (χ3n) is 3.82. The van der Waals surface area contributed by atoms with Crippen LogP contribution < -0.4 is 0 Å². The molecule has 0 N–H and O–H groups in total. The molecule has 144 valence electrons. The third kappa shape index (κ3) is 7.39. The molecule has 1 aliphatic heterocycles. The molecule has 0 amide bonds. The Balaban J connectivity index is -0.000000686. The Labute approximate surface area is 169 Å². The molecule has 5 nitrogen and oxygen atoms in total. The first-order valence-electron chi connectivity index (χ1n) is 7.91. The van der Waals surface area contributed by atoms with Crippen molar-refractivity contribution in [2.24, 2.45) is 0 Å². The predicted molar refractivity (Wildman–Crippen MR) is 97.3 cm³/mol. The van der Waals surface area contributed by atoms with Crippen molar-refractivity contribution in [1.29, 1.82) is 0 Å². The molecule has 26 heavy (non-hydrogen) atoms. The standard InChI is InChI=1S/C15H26O2Si2.3CO.Fe/c1-18(2,3)14-11-9-7-8-10-17-13(11)15(12(14)16)19(4,5)6;3*1-2;/h7-10H2,1-6H3;;;;. The number of carbonyl (C=O) groups is 1. The Morgan fingerprint density at radius 1 is 0.808 bits per heavy atom. The summed E-state index contributed by atoms with van der Waals surface area (Å²) >= 11 is 0. The second-order valence-electron chi connectivity index (χ2n) is 7.69. The molecule has 0 unspecified atom stereocenters. The fourth-order valence-electron chi connectivity index (χ4n) is 3.08. The molecule has 0 atom stereocenters. The molecule has 0 radical (unpaired) electrons. The monoisotopic (exact) mass is 434 g/mol. The van der Waals surface area contributed by atoms with E-state index in [-0.39, 0.29) is 17.1 Å². The molecule has 8 heteroatoms. The Bertz CT molecular complexity index is 546. The maximum atomic E-state index is 13.0. The van der Waals surface area contributed by atoms with Gasteiger partial charge in [-0.05, 0) is 30.0 Å². The average Bonchev–Trinajstić information content (AvgIpc) is 2.69. The minimum absolute atomic E-state index is 0. The average molecular weight is 434 g/mol. The summed E-state index contributed by atoms with van der Waals surface area (Å²) in [6, 6.07) is 0. The largest absolute Gasteiger partial charge is 0 e. The van der Waals surface area contributed by atoms with Crippen molar-refractivity contribution in [2.45, 2.75) is 58.5 Å². The van der Waals surface area contributed by atoms with Crippen molar-refractivity contribution in [3.05, 3.63) is 41.7 Å². The quantitative estimate of drug-likeness (QED) is 0.374. The van der Waals surface area contributed by atoms with Crippen molar-refractivity contribution < 1.29 is 40.6 Å². The summed E-state index contributed by atoms with van der Waals surface area (Å²) in [4.78, 5) is 13.0. The molecule has 1 heterocycles. The van der Waals surface area contributed by atoms with E-state index in [0.29, 0.717) is 5.78 Å². The van der Waals surface area contributed by atoms with Crippen molar-refractivity contribution in [1.82, 2.24) is 0 Å². The SMILES string of the molecule is C[Si](C)(C)C1=C2CCCCOC2=C([Si](C)(C)C)C1=O.[C-]#[O+].[C-]#[O+].[C-]#[O+].[Fe]. The van der Waals surface area contributed by atoms with E-state index in [1.54, 1.807) is 0 Å². The first-order valence-corrected chi connectivity index (χ1v) is 14.9. The van der Waals surface area contributed by atoms with Gasteiger partial charge in [0.15, 0.2) is 5.78 Å². The van der Waals surface area contributed by atoms with E-state index in [4.69, 9.17) is 18.7 Å². The van der Waals surface area contributed by atoms with Gasteiger partial charge in [0.25, 0.3) is 0 Å². The second-order valence-corrected chi connectivity index (χ2v) is 17.7. The van der Waals surface area contributed by atoms with Crippen LogP contribution in [0.2, 0.25) is 39.3 Å². The Morgan fingerprint density at radius 2 is 1.23 bits per heavy atom. The summed E-state index contributed by atoms with van der Waals surface area (Å²) in [7, 11) is -3.26. The predicted octanol–water partition coefficient (Wildman–Crippen LogP) is 3.96. The molecule has 2 rings (SSSR count). The normalized spacial score (nSPS) is 15.9. The smallest absolute Gasteiger partial charge is 0 e. The van der Waals surface area contributed by atoms with Gasteiger partial charge in [-0.25, -0.2) is 0 Å². The van der Waals surface area contributed by atoms with E-state index in [1.165, 1.54) is 5.57 Å². The number of allylic oxidation sites excluding steroid dienone is 3. The number of rotatable bonds is 2. The summed E-state index contributed by atoms with van der Waals surface area (Å²) in [5.74, 6) is 1.34. The second kappa shape index (κ2) is 13.3. The molecule has 1 saturated heterocycles. The first kappa shape index (κ1) is 29.9. The maximum Gasteiger partial charge on any atom is 0 e. The topological polar surface area (TPSA) is 86.0 Å². The van der Waals surface area contributed by atoms with E-state index < -0.39 is 16.1 Å². The van der Waals surface area contributed by atoms with Crippen LogP contribution in [0.5, 0.6) is 0 Å². The van der Waals surface area contributed by atoms with Crippen LogP contribution in [-0.4, -0.2) is 28.5 Å². The summed E-state index contributed by atoms with van der Waals surface area (Å²) in [6.07, 6.45) is 3.30. The minimum atomic E-state index is -1.65. The van der Waals surface area contributed by atoms with E-state index in [0.717, 1.165) is 42.0 Å². The molecular weight excluding hydrogens is 408 g/mol. The van der Waals surface area contributed by atoms with Gasteiger partial charge in [-0.2, -0.15) is 0 Å². The molecule has 0 aromatic heterocycles. The Hall–Kier alpha value is -0.877. The number of hydrogen-bond acceptors (Lipinski definition) is 2. The van der Waals surface area contributed by atoms with Crippen LogP contribution in [0.1, 0.15) is 19.3 Å². The molecule has 0 spiro atoms. The van der Waals surface area contributed by atoms with Crippen molar-refractivity contribution in [3.63, 3.8) is 0 Å². The van der Waals surface area contributed by atoms with E-state index in [2.05, 4.69) is 59.2 Å². The number of ketones is 1. The molecule has 0 aromatic carbocycles. The molecule has 0 saturated carbocycles. The molecule has 1 fully saturated rings. The van der Waals surface area contributed by atoms with Gasteiger partial charge in [-0.3, -0.25) is 4.79 Å². The van der Waals surface area contributed by atoms with E-state index in [9.17, 15) is 4.79 Å². The summed E-state index contributed by atoms with van der Waals surface area (Å²) < 4.78 is 28.5. The fourth-order valence-corrected chi connectivity index (χ4v) is 6.87. The molecule has 0 aromatic rings. The summed E-state index contributed by atoms with van der Waals surface area (Å²) in [6.45, 7) is 27.9. The first-order chi connectivity index (χ1) is 11.6. The van der Waals surface area contributed by atoms with Crippen molar-refractivity contribution in [2.75, 3.05) is 6.61 Å². The van der Waals surface area contributed by atoms with Gasteiger partial charge in [0.05, 0.1) is 22.8 Å². The van der Waals surface area contributed by atoms with Gasteiger partial charge in [0.1, 0.15) is 5.76 Å². The summed E-state index contributed by atoms with van der Waals surface area (Å²) in [5, 5.41) is 2.21. The zero-order valence-electron chi connectivity index (χ0n) is 16.2. The minimum Gasteiger partial charge on any atom is 0 e. The van der Waals surface area contributed by atoms with Crippen LogP contribution in [0.3, 0.4) is 0 Å². The van der Waals surface area contributed by atoms with Gasteiger partial charge >= 0.3 is 33.9 Å². The van der Waals surface area contributed by atoms with Gasteiger partial charge < -0.3 is 4.74 Å². The summed E-state index contributed by atoms with van der Waals surface area (Å²) in [5.41, 5.74) is 1.28. The van der Waals surface area contributed by atoms with Crippen molar-refractivity contribution >= 4 is 21.9 Å².